The number of nitrogens with one attached hydrogen (secondary N) is 1. The molecule has 0 spiro atoms. The van der Waals surface area contributed by atoms with Crippen molar-refractivity contribution in [3.05, 3.63) is 34.1 Å². The Hall–Kier alpha value is -2.88. The highest BCUT2D eigenvalue weighted by atomic mass is 32.2. The molecule has 0 saturated carbocycles. The van der Waals surface area contributed by atoms with Crippen molar-refractivity contribution in [2.75, 3.05) is 5.75 Å². The summed E-state index contributed by atoms with van der Waals surface area (Å²) in [7, 11) is 1.60. The van der Waals surface area contributed by atoms with Gasteiger partial charge in [0, 0.05) is 18.7 Å². The molecule has 1 atom stereocenters. The second-order valence-corrected chi connectivity index (χ2v) is 7.19. The lowest BCUT2D eigenvalue weighted by atomic mass is 10.1. The van der Waals surface area contributed by atoms with Crippen molar-refractivity contribution < 1.29 is 9.59 Å². The van der Waals surface area contributed by atoms with E-state index in [0.717, 1.165) is 18.2 Å². The van der Waals surface area contributed by atoms with Crippen LogP contribution in [0.2, 0.25) is 0 Å². The van der Waals surface area contributed by atoms with Crippen LogP contribution in [0.4, 0.5) is 0 Å². The van der Waals surface area contributed by atoms with E-state index in [1.165, 1.54) is 4.57 Å². The standard InChI is InChI=1S/C17H20N6O3S/c1-4-9(2)19-14(25)10-5-6-11-12(7-10)23-16(22(3)15(11)26)20-21-17(23)27-8-13(18)24/h5-7,9H,4,8H2,1-3H3,(H2,18,24)(H,19,25). The van der Waals surface area contributed by atoms with Gasteiger partial charge in [-0.3, -0.25) is 23.4 Å². The van der Waals surface area contributed by atoms with Crippen LogP contribution in [0.1, 0.15) is 30.6 Å². The Morgan fingerprint density at radius 2 is 2.07 bits per heavy atom. The van der Waals surface area contributed by atoms with Gasteiger partial charge < -0.3 is 11.1 Å². The molecule has 0 fully saturated rings. The van der Waals surface area contributed by atoms with Gasteiger partial charge in [0.1, 0.15) is 0 Å². The SMILES string of the molecule is CCC(C)NC(=O)c1ccc2c(=O)n(C)c3nnc(SCC(N)=O)n3c2c1. The number of nitrogens with zero attached hydrogens (tertiary/aromatic N) is 4. The number of primary amides is 1. The number of hydrogen-bond acceptors (Lipinski definition) is 6. The van der Waals surface area contributed by atoms with E-state index < -0.39 is 5.91 Å². The summed E-state index contributed by atoms with van der Waals surface area (Å²) in [5.74, 6) is -0.364. The minimum atomic E-state index is -0.487. The average molecular weight is 388 g/mol. The predicted octanol–water partition coefficient (Wildman–Crippen LogP) is 0.687. The van der Waals surface area contributed by atoms with Gasteiger partial charge >= 0.3 is 0 Å². The molecule has 0 aliphatic heterocycles. The number of rotatable bonds is 6. The summed E-state index contributed by atoms with van der Waals surface area (Å²) in [6.45, 7) is 3.91. The van der Waals surface area contributed by atoms with Crippen molar-refractivity contribution in [1.82, 2.24) is 24.5 Å². The molecule has 0 aliphatic rings. The summed E-state index contributed by atoms with van der Waals surface area (Å²) in [5, 5.41) is 11.9. The van der Waals surface area contributed by atoms with Gasteiger partial charge in [-0.1, -0.05) is 18.7 Å². The first kappa shape index (κ1) is 18.9. The third-order valence-corrected chi connectivity index (χ3v) is 5.24. The van der Waals surface area contributed by atoms with Crippen LogP contribution in [0.25, 0.3) is 16.7 Å². The van der Waals surface area contributed by atoms with Gasteiger partial charge in [-0.15, -0.1) is 10.2 Å². The molecule has 0 bridgehead atoms. The molecule has 1 aromatic carbocycles. The van der Waals surface area contributed by atoms with Crippen LogP contribution in [0.15, 0.2) is 28.2 Å². The smallest absolute Gasteiger partial charge is 0.262 e. The Bertz CT molecular complexity index is 1100. The van der Waals surface area contributed by atoms with Crippen molar-refractivity contribution in [3.8, 4) is 0 Å². The lowest BCUT2D eigenvalue weighted by molar-refractivity contribution is -0.115. The lowest BCUT2D eigenvalue weighted by Gasteiger charge is -2.13. The largest absolute Gasteiger partial charge is 0.369 e. The molecule has 0 saturated heterocycles. The second-order valence-electron chi connectivity index (χ2n) is 6.25. The van der Waals surface area contributed by atoms with E-state index in [1.807, 2.05) is 13.8 Å². The summed E-state index contributed by atoms with van der Waals surface area (Å²) in [6.07, 6.45) is 0.809. The van der Waals surface area contributed by atoms with Crippen LogP contribution in [0, 0.1) is 0 Å². The number of aromatic nitrogens is 4. The van der Waals surface area contributed by atoms with Gasteiger partial charge in [-0.2, -0.15) is 0 Å². The fourth-order valence-corrected chi connectivity index (χ4v) is 3.32. The topological polar surface area (TPSA) is 124 Å². The molecular formula is C17H20N6O3S. The van der Waals surface area contributed by atoms with Crippen molar-refractivity contribution in [2.45, 2.75) is 31.5 Å². The number of amides is 2. The molecule has 142 valence electrons. The Balaban J connectivity index is 2.20. The molecule has 1 unspecified atom stereocenters. The normalized spacial score (nSPS) is 12.4. The Morgan fingerprint density at radius 3 is 2.74 bits per heavy atom. The molecule has 2 aromatic heterocycles. The molecule has 0 aliphatic carbocycles. The van der Waals surface area contributed by atoms with E-state index in [9.17, 15) is 14.4 Å². The van der Waals surface area contributed by atoms with Gasteiger partial charge in [-0.05, 0) is 31.5 Å². The zero-order valence-corrected chi connectivity index (χ0v) is 16.0. The van der Waals surface area contributed by atoms with E-state index in [1.54, 1.807) is 29.6 Å². The molecule has 10 heteroatoms. The minimum Gasteiger partial charge on any atom is -0.369 e. The third kappa shape index (κ3) is 3.52. The number of thioether (sulfide) groups is 1. The number of fused-ring (bicyclic) bond motifs is 3. The quantitative estimate of drug-likeness (QED) is 0.599. The van der Waals surface area contributed by atoms with Gasteiger partial charge in [0.25, 0.3) is 11.5 Å². The number of hydrogen-bond donors (Lipinski definition) is 2. The highest BCUT2D eigenvalue weighted by molar-refractivity contribution is 7.99. The lowest BCUT2D eigenvalue weighted by Crippen LogP contribution is -2.32. The van der Waals surface area contributed by atoms with Crippen LogP contribution in [0.3, 0.4) is 0 Å². The maximum atomic E-state index is 12.6. The fraction of sp³-hybridized carbons (Fsp3) is 0.353. The highest BCUT2D eigenvalue weighted by Gasteiger charge is 2.18. The maximum Gasteiger partial charge on any atom is 0.262 e. The van der Waals surface area contributed by atoms with E-state index in [0.29, 0.717) is 27.4 Å². The van der Waals surface area contributed by atoms with E-state index >= 15 is 0 Å². The van der Waals surface area contributed by atoms with Gasteiger partial charge in [0.05, 0.1) is 16.7 Å². The summed E-state index contributed by atoms with van der Waals surface area (Å²) >= 11 is 1.12. The fourth-order valence-electron chi connectivity index (χ4n) is 2.64. The molecular weight excluding hydrogens is 368 g/mol. The zero-order chi connectivity index (χ0) is 19.7. The van der Waals surface area contributed by atoms with Crippen LogP contribution < -0.4 is 16.6 Å². The molecule has 27 heavy (non-hydrogen) atoms. The van der Waals surface area contributed by atoms with E-state index in [2.05, 4.69) is 15.5 Å². The first-order valence-corrected chi connectivity index (χ1v) is 9.41. The van der Waals surface area contributed by atoms with Gasteiger partial charge in [-0.25, -0.2) is 0 Å². The van der Waals surface area contributed by atoms with Crippen molar-refractivity contribution in [1.29, 1.82) is 0 Å². The zero-order valence-electron chi connectivity index (χ0n) is 15.2. The number of carbonyl (C=O) groups excluding carboxylic acids is 2. The van der Waals surface area contributed by atoms with Gasteiger partial charge in [0.15, 0.2) is 5.16 Å². The van der Waals surface area contributed by atoms with E-state index in [-0.39, 0.29) is 23.3 Å². The Kier molecular flexibility index (Phi) is 5.17. The van der Waals surface area contributed by atoms with Crippen LogP contribution in [0.5, 0.6) is 0 Å². The number of benzene rings is 1. The van der Waals surface area contributed by atoms with Crippen molar-refractivity contribution in [2.24, 2.45) is 12.8 Å². The first-order valence-electron chi connectivity index (χ1n) is 8.43. The Morgan fingerprint density at radius 1 is 1.33 bits per heavy atom. The summed E-state index contributed by atoms with van der Waals surface area (Å²) in [5.41, 5.74) is 5.90. The summed E-state index contributed by atoms with van der Waals surface area (Å²) in [6, 6.07) is 4.91. The molecule has 3 N–H and O–H groups in total. The summed E-state index contributed by atoms with van der Waals surface area (Å²) < 4.78 is 3.03. The van der Waals surface area contributed by atoms with Crippen molar-refractivity contribution >= 4 is 40.3 Å². The van der Waals surface area contributed by atoms with Crippen LogP contribution >= 0.6 is 11.8 Å². The molecule has 2 heterocycles. The number of aryl methyl sites for hydroxylation is 1. The summed E-state index contributed by atoms with van der Waals surface area (Å²) in [4.78, 5) is 36.2. The molecule has 2 amide bonds. The first-order chi connectivity index (χ1) is 12.8. The Labute approximate surface area is 158 Å². The van der Waals surface area contributed by atoms with Crippen LogP contribution in [-0.4, -0.2) is 42.8 Å². The maximum absolute atomic E-state index is 12.6. The second kappa shape index (κ2) is 7.39. The third-order valence-electron chi connectivity index (χ3n) is 4.29. The van der Waals surface area contributed by atoms with Gasteiger partial charge in [0.2, 0.25) is 11.7 Å². The highest BCUT2D eigenvalue weighted by Crippen LogP contribution is 2.22. The molecule has 9 nitrogen and oxygen atoms in total. The monoisotopic (exact) mass is 388 g/mol. The van der Waals surface area contributed by atoms with Crippen molar-refractivity contribution in [3.63, 3.8) is 0 Å². The van der Waals surface area contributed by atoms with Crippen LogP contribution in [-0.2, 0) is 11.8 Å². The average Bonchev–Trinajstić information content (AvgIpc) is 3.08. The number of carbonyl (C=O) groups is 2. The molecule has 0 radical (unpaired) electrons. The van der Waals surface area contributed by atoms with E-state index in [4.69, 9.17) is 5.73 Å². The predicted molar refractivity (Wildman–Crippen MR) is 103 cm³/mol. The molecule has 3 aromatic rings. The minimum absolute atomic E-state index is 0.0271. The molecule has 3 rings (SSSR count). The number of nitrogens with two attached hydrogens (primary N) is 1.